The number of ether oxygens (including phenoxy) is 1. The van der Waals surface area contributed by atoms with Crippen molar-refractivity contribution in [2.45, 2.75) is 0 Å². The second-order valence-electron chi connectivity index (χ2n) is 3.01. The number of esters is 1. The number of benzene rings is 1. The van der Waals surface area contributed by atoms with Gasteiger partial charge in [0.25, 0.3) is 0 Å². The fourth-order valence-corrected chi connectivity index (χ4v) is 1.85. The molecule has 78 valence electrons. The van der Waals surface area contributed by atoms with Crippen molar-refractivity contribution in [3.05, 3.63) is 22.2 Å². The minimum atomic E-state index is -0.386. The zero-order valence-electron chi connectivity index (χ0n) is 8.19. The summed E-state index contributed by atoms with van der Waals surface area (Å²) in [5, 5.41) is 8.26. The molecule has 0 aliphatic carbocycles. The van der Waals surface area contributed by atoms with Crippen molar-refractivity contribution in [3.8, 4) is 0 Å². The van der Waals surface area contributed by atoms with Crippen molar-refractivity contribution >= 4 is 32.9 Å². The number of fused-ring (bicyclic) bond motifs is 1. The van der Waals surface area contributed by atoms with E-state index < -0.39 is 0 Å². The van der Waals surface area contributed by atoms with E-state index >= 15 is 0 Å². The molecule has 0 amide bonds. The van der Waals surface area contributed by atoms with Crippen LogP contribution in [0.1, 0.15) is 10.4 Å². The normalized spacial score (nSPS) is 10.6. The van der Waals surface area contributed by atoms with Gasteiger partial charge in [-0.25, -0.2) is 4.79 Å². The predicted octanol–water partition coefficient (Wildman–Crippen LogP) is 1.52. The van der Waals surface area contributed by atoms with Gasteiger partial charge in [-0.3, -0.25) is 0 Å². The van der Waals surface area contributed by atoms with Crippen LogP contribution in [0.5, 0.6) is 0 Å². The van der Waals surface area contributed by atoms with E-state index in [1.807, 2.05) is 0 Å². The van der Waals surface area contributed by atoms with Crippen LogP contribution in [0, 0.1) is 0 Å². The molecule has 0 saturated heterocycles. The lowest BCUT2D eigenvalue weighted by Gasteiger charge is -1.99. The second-order valence-corrected chi connectivity index (χ2v) is 3.86. The third-order valence-electron chi connectivity index (χ3n) is 1.96. The zero-order valence-corrected chi connectivity index (χ0v) is 9.78. The Balaban J connectivity index is 2.66. The largest absolute Gasteiger partial charge is 0.465 e. The number of nitrogens with zero attached hydrogens (tertiary/aromatic N) is 3. The molecule has 0 aliphatic rings. The SMILES string of the molecule is COC(=O)c1cc(Br)c2nn(C)nc2c1. The number of carbonyl (C=O) groups is 1. The minimum absolute atomic E-state index is 0.386. The van der Waals surface area contributed by atoms with Gasteiger partial charge in [0.2, 0.25) is 0 Å². The molecular formula is C9H8BrN3O2. The van der Waals surface area contributed by atoms with Gasteiger partial charge in [-0.15, -0.1) is 0 Å². The van der Waals surface area contributed by atoms with Crippen molar-refractivity contribution in [1.29, 1.82) is 0 Å². The van der Waals surface area contributed by atoms with Crippen LogP contribution in [0.3, 0.4) is 0 Å². The Morgan fingerprint density at radius 1 is 1.47 bits per heavy atom. The average molecular weight is 270 g/mol. The fourth-order valence-electron chi connectivity index (χ4n) is 1.32. The van der Waals surface area contributed by atoms with Gasteiger partial charge in [-0.1, -0.05) is 0 Å². The summed E-state index contributed by atoms with van der Waals surface area (Å²) >= 11 is 3.33. The summed E-state index contributed by atoms with van der Waals surface area (Å²) in [5.74, 6) is -0.386. The molecule has 0 fully saturated rings. The van der Waals surface area contributed by atoms with Crippen LogP contribution in [0.4, 0.5) is 0 Å². The molecule has 0 spiro atoms. The number of methoxy groups -OCH3 is 1. The summed E-state index contributed by atoms with van der Waals surface area (Å²) in [6, 6.07) is 3.32. The Labute approximate surface area is 94.1 Å². The van der Waals surface area contributed by atoms with E-state index in [0.29, 0.717) is 11.1 Å². The minimum Gasteiger partial charge on any atom is -0.465 e. The molecule has 0 aliphatic heterocycles. The van der Waals surface area contributed by atoms with Crippen LogP contribution in [-0.4, -0.2) is 28.1 Å². The predicted molar refractivity (Wildman–Crippen MR) is 57.5 cm³/mol. The molecule has 0 N–H and O–H groups in total. The average Bonchev–Trinajstić information content (AvgIpc) is 2.58. The lowest BCUT2D eigenvalue weighted by atomic mass is 10.2. The van der Waals surface area contributed by atoms with Crippen LogP contribution in [0.2, 0.25) is 0 Å². The highest BCUT2D eigenvalue weighted by atomic mass is 79.9. The first-order valence-corrected chi connectivity index (χ1v) is 5.00. The molecule has 15 heavy (non-hydrogen) atoms. The monoisotopic (exact) mass is 269 g/mol. The molecule has 5 nitrogen and oxygen atoms in total. The second kappa shape index (κ2) is 3.62. The Hall–Kier alpha value is -1.43. The number of halogens is 1. The molecule has 0 bridgehead atoms. The Bertz CT molecular complexity index is 535. The fraction of sp³-hybridized carbons (Fsp3) is 0.222. The summed E-state index contributed by atoms with van der Waals surface area (Å²) in [6.45, 7) is 0. The number of hydrogen-bond acceptors (Lipinski definition) is 4. The Morgan fingerprint density at radius 3 is 2.87 bits per heavy atom. The van der Waals surface area contributed by atoms with E-state index in [2.05, 4.69) is 30.9 Å². The number of aryl methyl sites for hydroxylation is 1. The molecule has 1 heterocycles. The van der Waals surface area contributed by atoms with Gasteiger partial charge in [-0.05, 0) is 28.1 Å². The summed E-state index contributed by atoms with van der Waals surface area (Å²) in [6.07, 6.45) is 0. The van der Waals surface area contributed by atoms with Gasteiger partial charge in [-0.2, -0.15) is 15.0 Å². The van der Waals surface area contributed by atoms with E-state index in [1.54, 1.807) is 19.2 Å². The molecule has 0 atom stereocenters. The smallest absolute Gasteiger partial charge is 0.337 e. The maximum absolute atomic E-state index is 11.3. The van der Waals surface area contributed by atoms with E-state index in [-0.39, 0.29) is 5.97 Å². The van der Waals surface area contributed by atoms with Crippen LogP contribution in [0.25, 0.3) is 11.0 Å². The lowest BCUT2D eigenvalue weighted by Crippen LogP contribution is -2.00. The molecule has 2 aromatic rings. The molecule has 0 unspecified atom stereocenters. The van der Waals surface area contributed by atoms with Crippen LogP contribution < -0.4 is 0 Å². The zero-order chi connectivity index (χ0) is 11.0. The quantitative estimate of drug-likeness (QED) is 0.737. The summed E-state index contributed by atoms with van der Waals surface area (Å²) in [7, 11) is 3.07. The summed E-state index contributed by atoms with van der Waals surface area (Å²) < 4.78 is 5.36. The van der Waals surface area contributed by atoms with Crippen LogP contribution >= 0.6 is 15.9 Å². The van der Waals surface area contributed by atoms with E-state index in [9.17, 15) is 4.79 Å². The Kier molecular flexibility index (Phi) is 2.44. The highest BCUT2D eigenvalue weighted by Gasteiger charge is 2.12. The topological polar surface area (TPSA) is 57.0 Å². The Morgan fingerprint density at radius 2 is 2.20 bits per heavy atom. The number of aromatic nitrogens is 3. The first-order chi connectivity index (χ1) is 7.11. The van der Waals surface area contributed by atoms with Crippen molar-refractivity contribution in [2.24, 2.45) is 7.05 Å². The maximum Gasteiger partial charge on any atom is 0.337 e. The third-order valence-corrected chi connectivity index (χ3v) is 2.57. The molecule has 1 aromatic carbocycles. The van der Waals surface area contributed by atoms with Crippen molar-refractivity contribution in [1.82, 2.24) is 15.0 Å². The van der Waals surface area contributed by atoms with E-state index in [0.717, 1.165) is 9.99 Å². The summed E-state index contributed by atoms with van der Waals surface area (Å²) in [5.41, 5.74) is 1.84. The molecular weight excluding hydrogens is 262 g/mol. The highest BCUT2D eigenvalue weighted by molar-refractivity contribution is 9.10. The van der Waals surface area contributed by atoms with Gasteiger partial charge < -0.3 is 4.74 Å². The highest BCUT2D eigenvalue weighted by Crippen LogP contribution is 2.23. The molecule has 6 heteroatoms. The number of carbonyl (C=O) groups excluding carboxylic acids is 1. The number of hydrogen-bond donors (Lipinski definition) is 0. The first kappa shape index (κ1) is 10.1. The molecule has 1 aromatic heterocycles. The van der Waals surface area contributed by atoms with Crippen molar-refractivity contribution in [2.75, 3.05) is 7.11 Å². The lowest BCUT2D eigenvalue weighted by molar-refractivity contribution is 0.0601. The molecule has 0 saturated carbocycles. The van der Waals surface area contributed by atoms with E-state index in [1.165, 1.54) is 11.9 Å². The van der Waals surface area contributed by atoms with Gasteiger partial charge in [0, 0.05) is 11.5 Å². The van der Waals surface area contributed by atoms with E-state index in [4.69, 9.17) is 0 Å². The van der Waals surface area contributed by atoms with Gasteiger partial charge in [0.15, 0.2) is 0 Å². The van der Waals surface area contributed by atoms with Gasteiger partial charge in [0.05, 0.1) is 12.7 Å². The van der Waals surface area contributed by atoms with Crippen molar-refractivity contribution in [3.63, 3.8) is 0 Å². The third kappa shape index (κ3) is 1.72. The molecule has 0 radical (unpaired) electrons. The molecule has 2 rings (SSSR count). The van der Waals surface area contributed by atoms with Gasteiger partial charge in [0.1, 0.15) is 11.0 Å². The number of rotatable bonds is 1. The summed E-state index contributed by atoms with van der Waals surface area (Å²) in [4.78, 5) is 12.8. The van der Waals surface area contributed by atoms with Crippen LogP contribution in [-0.2, 0) is 11.8 Å². The standard InChI is InChI=1S/C9H8BrN3O2/c1-13-11-7-4-5(9(14)15-2)3-6(10)8(7)12-13/h3-4H,1-2H3. The van der Waals surface area contributed by atoms with Crippen molar-refractivity contribution < 1.29 is 9.53 Å². The van der Waals surface area contributed by atoms with Crippen LogP contribution in [0.15, 0.2) is 16.6 Å². The maximum atomic E-state index is 11.3. The van der Waals surface area contributed by atoms with Gasteiger partial charge >= 0.3 is 5.97 Å². The first-order valence-electron chi connectivity index (χ1n) is 4.20.